The Bertz CT molecular complexity index is 770. The van der Waals surface area contributed by atoms with Crippen molar-refractivity contribution in [3.63, 3.8) is 0 Å². The number of carbonyl (C=O) groups excluding carboxylic acids is 1. The number of anilines is 1. The Labute approximate surface area is 134 Å². The van der Waals surface area contributed by atoms with Crippen molar-refractivity contribution >= 4 is 17.5 Å². The molecule has 0 amide bonds. The second-order valence-electron chi connectivity index (χ2n) is 5.02. The molecule has 0 atom stereocenters. The maximum atomic E-state index is 12.4. The van der Waals surface area contributed by atoms with E-state index < -0.39 is 0 Å². The van der Waals surface area contributed by atoms with Gasteiger partial charge < -0.3 is 19.5 Å². The molecule has 0 spiro atoms. The molecule has 1 N–H and O–H groups in total. The van der Waals surface area contributed by atoms with Crippen LogP contribution < -0.4 is 19.5 Å². The molecule has 0 aromatic heterocycles. The van der Waals surface area contributed by atoms with Crippen LogP contribution in [0, 0.1) is 0 Å². The Morgan fingerprint density at radius 1 is 0.957 bits per heavy atom. The number of nitrogens with one attached hydrogen (secondary N) is 1. The molecular formula is C18H17NO4. The summed E-state index contributed by atoms with van der Waals surface area (Å²) in [6.07, 6.45) is 1.77. The minimum absolute atomic E-state index is 0.0330. The molecule has 0 radical (unpaired) electrons. The molecule has 0 fully saturated rings. The smallest absolute Gasteiger partial charge is 0.211 e. The predicted octanol–water partition coefficient (Wildman–Crippen LogP) is 3.36. The van der Waals surface area contributed by atoms with Crippen molar-refractivity contribution in [1.82, 2.24) is 0 Å². The minimum Gasteiger partial charge on any atom is -0.493 e. The summed E-state index contributed by atoms with van der Waals surface area (Å²) in [6, 6.07) is 11.0. The lowest BCUT2D eigenvalue weighted by atomic mass is 10.1. The molecule has 0 bridgehead atoms. The van der Waals surface area contributed by atoms with Crippen LogP contribution >= 0.6 is 0 Å². The van der Waals surface area contributed by atoms with E-state index in [0.717, 1.165) is 11.3 Å². The van der Waals surface area contributed by atoms with Crippen LogP contribution in [-0.4, -0.2) is 27.1 Å². The standard InChI is InChI=1S/C18H17NO4/c1-21-15-9-11(10-16(22-2)18(15)23-3)8-14-17(20)12-6-4-5-7-13(12)19-14/h4-10,19H,1-3H3/b14-8+. The highest BCUT2D eigenvalue weighted by Gasteiger charge is 2.24. The fourth-order valence-electron chi connectivity index (χ4n) is 2.59. The molecule has 118 valence electrons. The van der Waals surface area contributed by atoms with Gasteiger partial charge in [-0.3, -0.25) is 4.79 Å². The van der Waals surface area contributed by atoms with Crippen LogP contribution in [0.15, 0.2) is 42.1 Å². The van der Waals surface area contributed by atoms with Gasteiger partial charge in [-0.1, -0.05) is 12.1 Å². The Balaban J connectivity index is 2.02. The van der Waals surface area contributed by atoms with Crippen molar-refractivity contribution in [3.8, 4) is 17.2 Å². The number of ketones is 1. The average Bonchev–Trinajstić information content (AvgIpc) is 2.90. The van der Waals surface area contributed by atoms with Gasteiger partial charge in [-0.05, 0) is 35.9 Å². The lowest BCUT2D eigenvalue weighted by molar-refractivity contribution is 0.104. The summed E-state index contributed by atoms with van der Waals surface area (Å²) in [5.74, 6) is 1.57. The molecule has 1 aliphatic rings. The number of Topliss-reactive ketones (excluding diaryl/α,β-unsaturated/α-hetero) is 1. The number of methoxy groups -OCH3 is 3. The quantitative estimate of drug-likeness (QED) is 0.877. The van der Waals surface area contributed by atoms with Crippen LogP contribution in [-0.2, 0) is 0 Å². The number of rotatable bonds is 4. The fraction of sp³-hybridized carbons (Fsp3) is 0.167. The van der Waals surface area contributed by atoms with E-state index in [1.54, 1.807) is 45.6 Å². The van der Waals surface area contributed by atoms with E-state index in [1.807, 2.05) is 18.2 Å². The van der Waals surface area contributed by atoms with Crippen LogP contribution in [0.3, 0.4) is 0 Å². The van der Waals surface area contributed by atoms with Crippen molar-refractivity contribution in [1.29, 1.82) is 0 Å². The second-order valence-corrected chi connectivity index (χ2v) is 5.02. The van der Waals surface area contributed by atoms with E-state index in [9.17, 15) is 4.79 Å². The molecule has 0 saturated carbocycles. The molecule has 0 saturated heterocycles. The number of allylic oxidation sites excluding steroid dienone is 1. The molecule has 1 aliphatic heterocycles. The maximum absolute atomic E-state index is 12.4. The topological polar surface area (TPSA) is 56.8 Å². The Morgan fingerprint density at radius 3 is 2.17 bits per heavy atom. The zero-order chi connectivity index (χ0) is 16.4. The molecule has 5 nitrogen and oxygen atoms in total. The molecule has 5 heteroatoms. The summed E-state index contributed by atoms with van der Waals surface area (Å²) in [4.78, 5) is 12.4. The predicted molar refractivity (Wildman–Crippen MR) is 88.5 cm³/mol. The number of ether oxygens (including phenoxy) is 3. The van der Waals surface area contributed by atoms with Crippen LogP contribution in [0.2, 0.25) is 0 Å². The average molecular weight is 311 g/mol. The van der Waals surface area contributed by atoms with Gasteiger partial charge in [0.15, 0.2) is 11.5 Å². The SMILES string of the molecule is COc1cc(/C=C2/Nc3ccccc3C2=O)cc(OC)c1OC. The summed E-state index contributed by atoms with van der Waals surface area (Å²) in [5.41, 5.74) is 2.78. The van der Waals surface area contributed by atoms with Gasteiger partial charge >= 0.3 is 0 Å². The van der Waals surface area contributed by atoms with Crippen molar-refractivity contribution < 1.29 is 19.0 Å². The first-order valence-electron chi connectivity index (χ1n) is 7.10. The third-order valence-corrected chi connectivity index (χ3v) is 3.68. The number of hydrogen-bond donors (Lipinski definition) is 1. The molecule has 0 unspecified atom stereocenters. The van der Waals surface area contributed by atoms with Gasteiger partial charge in [-0.15, -0.1) is 0 Å². The van der Waals surface area contributed by atoms with E-state index in [1.165, 1.54) is 0 Å². The van der Waals surface area contributed by atoms with Crippen LogP contribution in [0.1, 0.15) is 15.9 Å². The number of para-hydroxylation sites is 1. The van der Waals surface area contributed by atoms with Gasteiger partial charge in [0.05, 0.1) is 27.0 Å². The highest BCUT2D eigenvalue weighted by atomic mass is 16.5. The Morgan fingerprint density at radius 2 is 1.61 bits per heavy atom. The molecular weight excluding hydrogens is 294 g/mol. The number of carbonyl (C=O) groups is 1. The summed E-state index contributed by atoms with van der Waals surface area (Å²) in [6.45, 7) is 0. The summed E-state index contributed by atoms with van der Waals surface area (Å²) in [5, 5.41) is 3.13. The second kappa shape index (κ2) is 6.04. The van der Waals surface area contributed by atoms with Crippen LogP contribution in [0.25, 0.3) is 6.08 Å². The third-order valence-electron chi connectivity index (χ3n) is 3.68. The van der Waals surface area contributed by atoms with E-state index >= 15 is 0 Å². The summed E-state index contributed by atoms with van der Waals surface area (Å²) < 4.78 is 16.0. The zero-order valence-electron chi connectivity index (χ0n) is 13.2. The molecule has 1 heterocycles. The van der Waals surface area contributed by atoms with E-state index in [-0.39, 0.29) is 5.78 Å². The highest BCUT2D eigenvalue weighted by Crippen LogP contribution is 2.39. The van der Waals surface area contributed by atoms with Crippen LogP contribution in [0.5, 0.6) is 17.2 Å². The number of fused-ring (bicyclic) bond motifs is 1. The van der Waals surface area contributed by atoms with Gasteiger partial charge in [0, 0.05) is 11.3 Å². The molecule has 2 aromatic rings. The first-order chi connectivity index (χ1) is 11.2. The number of benzene rings is 2. The first-order valence-corrected chi connectivity index (χ1v) is 7.10. The van der Waals surface area contributed by atoms with Crippen LogP contribution in [0.4, 0.5) is 5.69 Å². The highest BCUT2D eigenvalue weighted by molar-refractivity contribution is 6.20. The van der Waals surface area contributed by atoms with Crippen molar-refractivity contribution in [3.05, 3.63) is 53.2 Å². The normalized spacial score (nSPS) is 14.4. The Kier molecular flexibility index (Phi) is 3.93. The zero-order valence-corrected chi connectivity index (χ0v) is 13.2. The van der Waals surface area contributed by atoms with Gasteiger partial charge in [-0.25, -0.2) is 0 Å². The third kappa shape index (κ3) is 2.61. The first kappa shape index (κ1) is 15.0. The van der Waals surface area contributed by atoms with E-state index in [0.29, 0.717) is 28.5 Å². The van der Waals surface area contributed by atoms with Gasteiger partial charge in [0.25, 0.3) is 0 Å². The molecule has 3 rings (SSSR count). The summed E-state index contributed by atoms with van der Waals surface area (Å²) in [7, 11) is 4.67. The lowest BCUT2D eigenvalue weighted by Gasteiger charge is -2.13. The van der Waals surface area contributed by atoms with E-state index in [2.05, 4.69) is 5.32 Å². The number of hydrogen-bond acceptors (Lipinski definition) is 5. The summed E-state index contributed by atoms with van der Waals surface area (Å²) >= 11 is 0. The van der Waals surface area contributed by atoms with Gasteiger partial charge in [-0.2, -0.15) is 0 Å². The molecule has 0 aliphatic carbocycles. The van der Waals surface area contributed by atoms with E-state index in [4.69, 9.17) is 14.2 Å². The Hall–Kier alpha value is -2.95. The molecule has 23 heavy (non-hydrogen) atoms. The van der Waals surface area contributed by atoms with Crippen molar-refractivity contribution in [2.45, 2.75) is 0 Å². The van der Waals surface area contributed by atoms with Gasteiger partial charge in [0.1, 0.15) is 0 Å². The lowest BCUT2D eigenvalue weighted by Crippen LogP contribution is -2.00. The largest absolute Gasteiger partial charge is 0.493 e. The van der Waals surface area contributed by atoms with Crippen molar-refractivity contribution in [2.75, 3.05) is 26.6 Å². The maximum Gasteiger partial charge on any atom is 0.211 e. The molecule has 2 aromatic carbocycles. The van der Waals surface area contributed by atoms with Gasteiger partial charge in [0.2, 0.25) is 11.5 Å². The fourth-order valence-corrected chi connectivity index (χ4v) is 2.59. The minimum atomic E-state index is -0.0330. The van der Waals surface area contributed by atoms with Crippen molar-refractivity contribution in [2.24, 2.45) is 0 Å². The monoisotopic (exact) mass is 311 g/mol.